The number of carbonyl (C=O) groups excluding carboxylic acids is 1. The molecule has 1 aliphatic rings. The van der Waals surface area contributed by atoms with Crippen molar-refractivity contribution < 1.29 is 24.2 Å². The number of nitrogens with one attached hydrogen (secondary N) is 1. The van der Waals surface area contributed by atoms with E-state index in [-0.39, 0.29) is 38.4 Å². The highest BCUT2D eigenvalue weighted by Crippen LogP contribution is 2.06. The smallest absolute Gasteiger partial charge is 0.323 e. The molecule has 0 aromatic heterocycles. The maximum Gasteiger partial charge on any atom is 0.323 e. The summed E-state index contributed by atoms with van der Waals surface area (Å²) in [5, 5.41) is 11.9. The molecule has 1 saturated heterocycles. The van der Waals surface area contributed by atoms with Gasteiger partial charge in [-0.2, -0.15) is 0 Å². The number of esters is 1. The van der Waals surface area contributed by atoms with Crippen LogP contribution in [0.4, 0.5) is 0 Å². The van der Waals surface area contributed by atoms with Crippen molar-refractivity contribution >= 4 is 5.97 Å². The Bertz CT molecular complexity index is 254. The van der Waals surface area contributed by atoms with Crippen LogP contribution in [-0.4, -0.2) is 50.1 Å². The first-order valence-electron chi connectivity index (χ1n) is 5.45. The lowest BCUT2D eigenvalue weighted by molar-refractivity contribution is -0.758. The van der Waals surface area contributed by atoms with E-state index in [1.165, 1.54) is 0 Å². The topological polar surface area (TPSA) is 99.9 Å². The molecule has 0 saturated carbocycles. The molecule has 8 nitrogen and oxygen atoms in total. The van der Waals surface area contributed by atoms with Crippen LogP contribution in [0.2, 0.25) is 0 Å². The first kappa shape index (κ1) is 13.7. The number of hydrogen-bond acceptors (Lipinski definition) is 7. The molecule has 1 aliphatic heterocycles. The minimum atomic E-state index is -0.880. The Balaban J connectivity index is 1.89. The minimum Gasteiger partial charge on any atom is -0.462 e. The van der Waals surface area contributed by atoms with Crippen LogP contribution in [0, 0.1) is 10.1 Å². The minimum absolute atomic E-state index is 0.0974. The number of rotatable bonds is 8. The Labute approximate surface area is 98.3 Å². The van der Waals surface area contributed by atoms with Crippen LogP contribution in [0.3, 0.4) is 0 Å². The summed E-state index contributed by atoms with van der Waals surface area (Å²) >= 11 is 0. The molecule has 0 bridgehead atoms. The Hall–Kier alpha value is -1.41. The second-order valence-corrected chi connectivity index (χ2v) is 3.49. The molecule has 1 rings (SSSR count). The van der Waals surface area contributed by atoms with Crippen LogP contribution in [-0.2, 0) is 19.1 Å². The molecule has 0 aromatic rings. The number of nitrogens with zero attached hydrogens (tertiary/aromatic N) is 1. The standard InChI is InChI=1S/C9H16N2O6/c12-9(8-2-1-3-10-8)16-6-4-15-5-7-17-11(13)14/h8,10H,1-7H2. The molecule has 1 heterocycles. The summed E-state index contributed by atoms with van der Waals surface area (Å²) in [6.45, 7) is 1.18. The van der Waals surface area contributed by atoms with Crippen molar-refractivity contribution in [3.63, 3.8) is 0 Å². The quantitative estimate of drug-likeness (QED) is 0.267. The highest BCUT2D eigenvalue weighted by atomic mass is 17.0. The van der Waals surface area contributed by atoms with Crippen LogP contribution in [0.25, 0.3) is 0 Å². The summed E-state index contributed by atoms with van der Waals surface area (Å²) in [6.07, 6.45) is 1.78. The zero-order chi connectivity index (χ0) is 12.5. The largest absolute Gasteiger partial charge is 0.462 e. The van der Waals surface area contributed by atoms with E-state index in [1.54, 1.807) is 0 Å². The average Bonchev–Trinajstić information content (AvgIpc) is 2.80. The second kappa shape index (κ2) is 7.80. The SMILES string of the molecule is O=C(OCCOCCO[N+](=O)[O-])C1CCCN1. The summed E-state index contributed by atoms with van der Waals surface area (Å²) < 4.78 is 9.92. The van der Waals surface area contributed by atoms with E-state index in [9.17, 15) is 14.9 Å². The molecule has 98 valence electrons. The fourth-order valence-corrected chi connectivity index (χ4v) is 1.46. The van der Waals surface area contributed by atoms with Crippen LogP contribution in [0.5, 0.6) is 0 Å². The molecule has 0 spiro atoms. The molecule has 17 heavy (non-hydrogen) atoms. The monoisotopic (exact) mass is 248 g/mol. The van der Waals surface area contributed by atoms with Crippen molar-refractivity contribution in [3.05, 3.63) is 10.1 Å². The van der Waals surface area contributed by atoms with Gasteiger partial charge in [-0.05, 0) is 19.4 Å². The van der Waals surface area contributed by atoms with Crippen molar-refractivity contribution in [1.29, 1.82) is 0 Å². The predicted octanol–water partition coefficient (Wildman–Crippen LogP) is -0.493. The van der Waals surface area contributed by atoms with Gasteiger partial charge in [-0.3, -0.25) is 4.79 Å². The molecule has 0 amide bonds. The Morgan fingerprint density at radius 3 is 2.76 bits per heavy atom. The molecule has 0 aromatic carbocycles. The predicted molar refractivity (Wildman–Crippen MR) is 55.7 cm³/mol. The normalized spacial score (nSPS) is 18.9. The van der Waals surface area contributed by atoms with Crippen molar-refractivity contribution in [2.75, 3.05) is 33.0 Å². The van der Waals surface area contributed by atoms with Gasteiger partial charge >= 0.3 is 5.97 Å². The first-order valence-corrected chi connectivity index (χ1v) is 5.45. The summed E-state index contributed by atoms with van der Waals surface area (Å²) in [7, 11) is 0. The van der Waals surface area contributed by atoms with E-state index >= 15 is 0 Å². The molecular weight excluding hydrogens is 232 g/mol. The van der Waals surface area contributed by atoms with E-state index in [2.05, 4.69) is 10.2 Å². The number of hydrogen-bond donors (Lipinski definition) is 1. The van der Waals surface area contributed by atoms with Gasteiger partial charge in [0.05, 0.1) is 13.2 Å². The van der Waals surface area contributed by atoms with Gasteiger partial charge in [0.2, 0.25) is 0 Å². The van der Waals surface area contributed by atoms with Crippen LogP contribution < -0.4 is 5.32 Å². The van der Waals surface area contributed by atoms with E-state index in [1.807, 2.05) is 0 Å². The lowest BCUT2D eigenvalue weighted by Gasteiger charge is -2.10. The van der Waals surface area contributed by atoms with Crippen LogP contribution in [0.1, 0.15) is 12.8 Å². The van der Waals surface area contributed by atoms with Gasteiger partial charge in [0.1, 0.15) is 19.3 Å². The molecule has 0 radical (unpaired) electrons. The van der Waals surface area contributed by atoms with Gasteiger partial charge in [-0.15, -0.1) is 10.1 Å². The summed E-state index contributed by atoms with van der Waals surface area (Å²) in [6, 6.07) is -0.201. The summed E-state index contributed by atoms with van der Waals surface area (Å²) in [5.41, 5.74) is 0. The van der Waals surface area contributed by atoms with E-state index in [4.69, 9.17) is 9.47 Å². The molecule has 1 atom stereocenters. The molecular formula is C9H16N2O6. The molecule has 8 heteroatoms. The van der Waals surface area contributed by atoms with Gasteiger partial charge < -0.3 is 19.6 Å². The van der Waals surface area contributed by atoms with E-state index in [0.717, 1.165) is 19.4 Å². The van der Waals surface area contributed by atoms with Crippen LogP contribution in [0.15, 0.2) is 0 Å². The van der Waals surface area contributed by atoms with Gasteiger partial charge in [0.25, 0.3) is 5.09 Å². The lowest BCUT2D eigenvalue weighted by atomic mass is 10.2. The third-order valence-corrected chi connectivity index (χ3v) is 2.24. The maximum atomic E-state index is 11.4. The molecule has 1 fully saturated rings. The van der Waals surface area contributed by atoms with Gasteiger partial charge in [-0.1, -0.05) is 0 Å². The zero-order valence-corrected chi connectivity index (χ0v) is 9.42. The second-order valence-electron chi connectivity index (χ2n) is 3.49. The van der Waals surface area contributed by atoms with Gasteiger partial charge in [0, 0.05) is 0 Å². The highest BCUT2D eigenvalue weighted by Gasteiger charge is 2.22. The summed E-state index contributed by atoms with van der Waals surface area (Å²) in [4.78, 5) is 25.2. The third-order valence-electron chi connectivity index (χ3n) is 2.24. The van der Waals surface area contributed by atoms with Gasteiger partial charge in [-0.25, -0.2) is 0 Å². The zero-order valence-electron chi connectivity index (χ0n) is 9.42. The first-order chi connectivity index (χ1) is 8.20. The Morgan fingerprint density at radius 2 is 2.12 bits per heavy atom. The Kier molecular flexibility index (Phi) is 6.26. The fraction of sp³-hybridized carbons (Fsp3) is 0.889. The van der Waals surface area contributed by atoms with Crippen molar-refractivity contribution in [2.45, 2.75) is 18.9 Å². The lowest BCUT2D eigenvalue weighted by Crippen LogP contribution is -2.33. The van der Waals surface area contributed by atoms with Crippen molar-refractivity contribution in [1.82, 2.24) is 5.32 Å². The van der Waals surface area contributed by atoms with Gasteiger partial charge in [0.15, 0.2) is 0 Å². The summed E-state index contributed by atoms with van der Waals surface area (Å²) in [5.74, 6) is -0.271. The maximum absolute atomic E-state index is 11.4. The highest BCUT2D eigenvalue weighted by molar-refractivity contribution is 5.76. The number of carbonyl (C=O) groups is 1. The molecule has 0 aliphatic carbocycles. The van der Waals surface area contributed by atoms with E-state index in [0.29, 0.717) is 0 Å². The van der Waals surface area contributed by atoms with Crippen molar-refractivity contribution in [2.24, 2.45) is 0 Å². The molecule has 1 unspecified atom stereocenters. The third kappa shape index (κ3) is 6.03. The average molecular weight is 248 g/mol. The number of ether oxygens (including phenoxy) is 2. The Morgan fingerprint density at radius 1 is 1.35 bits per heavy atom. The van der Waals surface area contributed by atoms with Crippen molar-refractivity contribution in [3.8, 4) is 0 Å². The fourth-order valence-electron chi connectivity index (χ4n) is 1.46. The van der Waals surface area contributed by atoms with E-state index < -0.39 is 5.09 Å². The molecule has 1 N–H and O–H groups in total. The van der Waals surface area contributed by atoms with Crippen LogP contribution >= 0.6 is 0 Å².